The first-order valence-corrected chi connectivity index (χ1v) is 9.86. The van der Waals surface area contributed by atoms with Crippen LogP contribution in [-0.4, -0.2) is 16.2 Å². The molecule has 2 aromatic heterocycles. The summed E-state index contributed by atoms with van der Waals surface area (Å²) in [4.78, 5) is 9.55. The average molecular weight is 434 g/mol. The molecule has 8 heteroatoms. The minimum absolute atomic E-state index is 0.526. The number of thiophene rings is 1. The first kappa shape index (κ1) is 18.2. The zero-order valence-corrected chi connectivity index (χ0v) is 16.7. The molecule has 1 N–H and O–H groups in total. The Morgan fingerprint density at radius 3 is 2.44 bits per heavy atom. The van der Waals surface area contributed by atoms with Crippen LogP contribution in [0, 0.1) is 0 Å². The second kappa shape index (κ2) is 7.82. The fourth-order valence-electron chi connectivity index (χ4n) is 2.59. The molecular weight excluding hydrogens is 423 g/mol. The van der Waals surface area contributed by atoms with Crippen LogP contribution in [0.5, 0.6) is 0 Å². The third-order valence-electron chi connectivity index (χ3n) is 3.89. The summed E-state index contributed by atoms with van der Waals surface area (Å²) >= 11 is 19.9. The van der Waals surface area contributed by atoms with E-state index in [1.54, 1.807) is 35.8 Å². The van der Waals surface area contributed by atoms with Gasteiger partial charge in [0.2, 0.25) is 0 Å². The number of benzene rings is 2. The second-order valence-corrected chi connectivity index (χ2v) is 7.67. The maximum absolute atomic E-state index is 6.17. The minimum Gasteiger partial charge on any atom is -0.261 e. The zero-order chi connectivity index (χ0) is 18.8. The van der Waals surface area contributed by atoms with Gasteiger partial charge >= 0.3 is 0 Å². The molecule has 4 rings (SSSR count). The first-order valence-electron chi connectivity index (χ1n) is 7.84. The van der Waals surface area contributed by atoms with Gasteiger partial charge in [-0.25, -0.2) is 9.97 Å². The number of rotatable bonds is 4. The van der Waals surface area contributed by atoms with Gasteiger partial charge in [0.1, 0.15) is 11.2 Å². The molecule has 0 saturated carbocycles. The Kier molecular flexibility index (Phi) is 5.27. The maximum Gasteiger partial charge on any atom is 0.159 e. The number of hydrogen-bond donors (Lipinski definition) is 1. The van der Waals surface area contributed by atoms with Crippen LogP contribution in [0.3, 0.4) is 0 Å². The summed E-state index contributed by atoms with van der Waals surface area (Å²) in [6.45, 7) is 0. The largest absolute Gasteiger partial charge is 0.261 e. The molecule has 134 valence electrons. The highest BCUT2D eigenvalue weighted by atomic mass is 35.5. The van der Waals surface area contributed by atoms with Crippen LogP contribution in [0.4, 0.5) is 5.82 Å². The maximum atomic E-state index is 6.17. The van der Waals surface area contributed by atoms with Crippen molar-refractivity contribution in [1.29, 1.82) is 0 Å². The summed E-state index contributed by atoms with van der Waals surface area (Å²) in [6.07, 6.45) is 3.08. The average Bonchev–Trinajstić information content (AvgIpc) is 3.10. The van der Waals surface area contributed by atoms with Gasteiger partial charge in [0.25, 0.3) is 0 Å². The molecule has 0 atom stereocenters. The number of hydrogen-bond acceptors (Lipinski definition) is 5. The van der Waals surface area contributed by atoms with E-state index in [4.69, 9.17) is 34.8 Å². The van der Waals surface area contributed by atoms with E-state index in [2.05, 4.69) is 20.5 Å². The minimum atomic E-state index is 0.526. The zero-order valence-electron chi connectivity index (χ0n) is 13.7. The molecular formula is C19H11Cl3N4S. The Morgan fingerprint density at radius 2 is 1.70 bits per heavy atom. The molecule has 0 bridgehead atoms. The van der Waals surface area contributed by atoms with Crippen LogP contribution in [0.25, 0.3) is 21.3 Å². The van der Waals surface area contributed by atoms with Crippen molar-refractivity contribution in [3.05, 3.63) is 74.8 Å². The predicted octanol–water partition coefficient (Wildman–Crippen LogP) is 6.76. The van der Waals surface area contributed by atoms with E-state index in [-0.39, 0.29) is 0 Å². The van der Waals surface area contributed by atoms with Crippen LogP contribution in [0.15, 0.2) is 59.3 Å². The molecule has 0 spiro atoms. The molecule has 0 saturated heterocycles. The molecule has 2 heterocycles. The summed E-state index contributed by atoms with van der Waals surface area (Å²) in [6, 6.07) is 12.9. The molecule has 0 aliphatic heterocycles. The number of anilines is 1. The van der Waals surface area contributed by atoms with Crippen LogP contribution < -0.4 is 5.43 Å². The number of aromatic nitrogens is 2. The lowest BCUT2D eigenvalue weighted by atomic mass is 10.1. The van der Waals surface area contributed by atoms with E-state index in [0.717, 1.165) is 21.3 Å². The van der Waals surface area contributed by atoms with E-state index in [1.807, 2.05) is 29.6 Å². The third-order valence-corrected chi connectivity index (χ3v) is 5.69. The standard InChI is InChI=1S/C19H11Cl3N4S/c20-12-6-4-11(5-7-12)14-9-27-19-17(14)18(23-10-24-19)26-25-8-13-15(21)2-1-3-16(13)22/h1-10H,(H,23,24,26). The summed E-state index contributed by atoms with van der Waals surface area (Å²) in [7, 11) is 0. The lowest BCUT2D eigenvalue weighted by Gasteiger charge is -2.05. The second-order valence-electron chi connectivity index (χ2n) is 5.56. The number of halogens is 3. The van der Waals surface area contributed by atoms with Crippen molar-refractivity contribution < 1.29 is 0 Å². The molecule has 0 fully saturated rings. The van der Waals surface area contributed by atoms with Gasteiger partial charge in [-0.3, -0.25) is 5.43 Å². The van der Waals surface area contributed by atoms with Crippen molar-refractivity contribution in [2.75, 3.05) is 5.43 Å². The van der Waals surface area contributed by atoms with Crippen LogP contribution in [0.1, 0.15) is 5.56 Å². The normalized spacial score (nSPS) is 11.4. The lowest BCUT2D eigenvalue weighted by Crippen LogP contribution is -1.96. The summed E-state index contributed by atoms with van der Waals surface area (Å²) in [5.41, 5.74) is 5.66. The SMILES string of the molecule is Clc1ccc(-c2csc3ncnc(NN=Cc4c(Cl)cccc4Cl)c23)cc1. The molecule has 0 aliphatic rings. The number of hydrazone groups is 1. The topological polar surface area (TPSA) is 50.2 Å². The molecule has 2 aromatic carbocycles. The third kappa shape index (κ3) is 3.77. The van der Waals surface area contributed by atoms with E-state index in [9.17, 15) is 0 Å². The van der Waals surface area contributed by atoms with Crippen LogP contribution in [0.2, 0.25) is 15.1 Å². The van der Waals surface area contributed by atoms with Crippen LogP contribution >= 0.6 is 46.1 Å². The smallest absolute Gasteiger partial charge is 0.159 e. The quantitative estimate of drug-likeness (QED) is 0.285. The van der Waals surface area contributed by atoms with E-state index in [0.29, 0.717) is 26.4 Å². The molecule has 0 unspecified atom stereocenters. The molecule has 4 aromatic rings. The van der Waals surface area contributed by atoms with E-state index >= 15 is 0 Å². The van der Waals surface area contributed by atoms with Crippen molar-refractivity contribution in [3.8, 4) is 11.1 Å². The predicted molar refractivity (Wildman–Crippen MR) is 116 cm³/mol. The molecule has 0 radical (unpaired) electrons. The summed E-state index contributed by atoms with van der Waals surface area (Å²) < 4.78 is 0. The fourth-order valence-corrected chi connectivity index (χ4v) is 4.13. The number of nitrogens with zero attached hydrogens (tertiary/aromatic N) is 3. The Hall–Kier alpha value is -2.18. The van der Waals surface area contributed by atoms with Crippen molar-refractivity contribution in [2.24, 2.45) is 5.10 Å². The fraction of sp³-hybridized carbons (Fsp3) is 0. The van der Waals surface area contributed by atoms with Gasteiger partial charge in [-0.2, -0.15) is 5.10 Å². The van der Waals surface area contributed by atoms with Gasteiger partial charge in [0.05, 0.1) is 21.6 Å². The molecule has 0 amide bonds. The van der Waals surface area contributed by atoms with E-state index < -0.39 is 0 Å². The Morgan fingerprint density at radius 1 is 0.963 bits per heavy atom. The van der Waals surface area contributed by atoms with Crippen LogP contribution in [-0.2, 0) is 0 Å². The Balaban J connectivity index is 1.71. The van der Waals surface area contributed by atoms with Crippen molar-refractivity contribution in [3.63, 3.8) is 0 Å². The van der Waals surface area contributed by atoms with Crippen molar-refractivity contribution in [2.45, 2.75) is 0 Å². The van der Waals surface area contributed by atoms with Gasteiger partial charge in [-0.05, 0) is 29.8 Å². The Labute approximate surface area is 174 Å². The van der Waals surface area contributed by atoms with Gasteiger partial charge in [-0.15, -0.1) is 11.3 Å². The number of fused-ring (bicyclic) bond motifs is 1. The molecule has 0 aliphatic carbocycles. The first-order chi connectivity index (χ1) is 13.1. The lowest BCUT2D eigenvalue weighted by molar-refractivity contribution is 1.19. The van der Waals surface area contributed by atoms with E-state index in [1.165, 1.54) is 6.33 Å². The highest BCUT2D eigenvalue weighted by Gasteiger charge is 2.13. The highest BCUT2D eigenvalue weighted by Crippen LogP contribution is 2.36. The Bertz CT molecular complexity index is 1120. The van der Waals surface area contributed by atoms with Gasteiger partial charge in [0, 0.05) is 21.5 Å². The molecule has 4 nitrogen and oxygen atoms in total. The van der Waals surface area contributed by atoms with Gasteiger partial charge in [0.15, 0.2) is 5.82 Å². The van der Waals surface area contributed by atoms with Crippen molar-refractivity contribution >= 4 is 68.4 Å². The monoisotopic (exact) mass is 432 g/mol. The van der Waals surface area contributed by atoms with Gasteiger partial charge in [-0.1, -0.05) is 53.0 Å². The highest BCUT2D eigenvalue weighted by molar-refractivity contribution is 7.17. The summed E-state index contributed by atoms with van der Waals surface area (Å²) in [5, 5.41) is 8.94. The molecule has 27 heavy (non-hydrogen) atoms. The summed E-state index contributed by atoms with van der Waals surface area (Å²) in [5.74, 6) is 0.602. The van der Waals surface area contributed by atoms with Gasteiger partial charge < -0.3 is 0 Å². The van der Waals surface area contributed by atoms with Crippen molar-refractivity contribution in [1.82, 2.24) is 9.97 Å². The number of nitrogens with one attached hydrogen (secondary N) is 1.